The molecule has 0 saturated heterocycles. The molecule has 0 spiro atoms. The maximum Gasteiger partial charge on any atom is 0.233 e. The van der Waals surface area contributed by atoms with Crippen molar-refractivity contribution in [3.05, 3.63) is 0 Å². The summed E-state index contributed by atoms with van der Waals surface area (Å²) < 4.78 is 0. The van der Waals surface area contributed by atoms with Crippen LogP contribution in [-0.2, 0) is 4.79 Å². The lowest BCUT2D eigenvalue weighted by molar-refractivity contribution is -0.124. The predicted molar refractivity (Wildman–Crippen MR) is 64.6 cm³/mol. The van der Waals surface area contributed by atoms with Gasteiger partial charge < -0.3 is 16.3 Å². The summed E-state index contributed by atoms with van der Waals surface area (Å²) >= 11 is 0. The van der Waals surface area contributed by atoms with Crippen LogP contribution in [0.2, 0.25) is 0 Å². The summed E-state index contributed by atoms with van der Waals surface area (Å²) in [6.07, 6.45) is 5.08. The van der Waals surface area contributed by atoms with Crippen molar-refractivity contribution in [2.45, 2.75) is 39.0 Å². The first kappa shape index (κ1) is 12.2. The van der Waals surface area contributed by atoms with Crippen molar-refractivity contribution in [3.63, 3.8) is 0 Å². The minimum atomic E-state index is -0.712. The maximum atomic E-state index is 12.0. The van der Waals surface area contributed by atoms with Gasteiger partial charge in [-0.25, -0.2) is 0 Å². The summed E-state index contributed by atoms with van der Waals surface area (Å²) in [5.41, 5.74) is 4.85. The Morgan fingerprint density at radius 3 is 2.71 bits per heavy atom. The monoisotopic (exact) mass is 239 g/mol. The molecule has 0 aromatic carbocycles. The third-order valence-electron chi connectivity index (χ3n) is 4.35. The first-order valence-electron chi connectivity index (χ1n) is 6.36. The molecule has 2 aliphatic carbocycles. The SMILES string of the molecule is CC1CCCC1CNC(=O)C1(C(N)=NO)CC1. The Morgan fingerprint density at radius 2 is 2.24 bits per heavy atom. The second kappa shape index (κ2) is 4.55. The van der Waals surface area contributed by atoms with Crippen molar-refractivity contribution in [1.82, 2.24) is 5.32 Å². The van der Waals surface area contributed by atoms with Crippen LogP contribution in [0.25, 0.3) is 0 Å². The summed E-state index contributed by atoms with van der Waals surface area (Å²) in [5, 5.41) is 14.6. The Bertz CT molecular complexity index is 337. The van der Waals surface area contributed by atoms with Crippen molar-refractivity contribution in [2.24, 2.45) is 28.1 Å². The van der Waals surface area contributed by atoms with E-state index in [1.165, 1.54) is 19.3 Å². The van der Waals surface area contributed by atoms with Gasteiger partial charge in [0.25, 0.3) is 0 Å². The molecule has 2 saturated carbocycles. The Hall–Kier alpha value is -1.26. The lowest BCUT2D eigenvalue weighted by atomic mass is 9.97. The van der Waals surface area contributed by atoms with Crippen molar-refractivity contribution in [3.8, 4) is 0 Å². The van der Waals surface area contributed by atoms with E-state index in [1.54, 1.807) is 0 Å². The number of hydrogen-bond donors (Lipinski definition) is 3. The lowest BCUT2D eigenvalue weighted by Crippen LogP contribution is -2.42. The first-order chi connectivity index (χ1) is 8.10. The van der Waals surface area contributed by atoms with Gasteiger partial charge in [-0.3, -0.25) is 4.79 Å². The summed E-state index contributed by atoms with van der Waals surface area (Å²) in [6, 6.07) is 0. The third kappa shape index (κ3) is 2.23. The zero-order valence-electron chi connectivity index (χ0n) is 10.3. The van der Waals surface area contributed by atoms with Gasteiger partial charge in [0, 0.05) is 6.54 Å². The van der Waals surface area contributed by atoms with Crippen LogP contribution in [0.4, 0.5) is 0 Å². The Morgan fingerprint density at radius 1 is 1.53 bits per heavy atom. The van der Waals surface area contributed by atoms with Gasteiger partial charge in [-0.2, -0.15) is 0 Å². The van der Waals surface area contributed by atoms with E-state index in [9.17, 15) is 4.79 Å². The van der Waals surface area contributed by atoms with Crippen LogP contribution >= 0.6 is 0 Å². The van der Waals surface area contributed by atoms with Crippen LogP contribution in [0.15, 0.2) is 5.16 Å². The first-order valence-corrected chi connectivity index (χ1v) is 6.36. The number of nitrogens with two attached hydrogens (primary N) is 1. The van der Waals surface area contributed by atoms with Gasteiger partial charge in [-0.1, -0.05) is 24.9 Å². The molecule has 0 heterocycles. The largest absolute Gasteiger partial charge is 0.409 e. The fourth-order valence-corrected chi connectivity index (χ4v) is 2.74. The molecule has 2 rings (SSSR count). The number of carbonyl (C=O) groups excluding carboxylic acids is 1. The van der Waals surface area contributed by atoms with Crippen LogP contribution in [-0.4, -0.2) is 23.5 Å². The van der Waals surface area contributed by atoms with Crippen LogP contribution < -0.4 is 11.1 Å². The molecule has 2 unspecified atom stereocenters. The van der Waals surface area contributed by atoms with Crippen LogP contribution in [0.5, 0.6) is 0 Å². The number of rotatable bonds is 4. The smallest absolute Gasteiger partial charge is 0.233 e. The average molecular weight is 239 g/mol. The molecule has 5 nitrogen and oxygen atoms in total. The van der Waals surface area contributed by atoms with E-state index in [-0.39, 0.29) is 11.7 Å². The number of nitrogens with one attached hydrogen (secondary N) is 1. The zero-order valence-corrected chi connectivity index (χ0v) is 10.3. The van der Waals surface area contributed by atoms with Crippen molar-refractivity contribution in [2.75, 3.05) is 6.54 Å². The van der Waals surface area contributed by atoms with E-state index in [1.807, 2.05) is 0 Å². The molecule has 2 aliphatic rings. The van der Waals surface area contributed by atoms with Crippen LogP contribution in [0, 0.1) is 17.3 Å². The second-order valence-electron chi connectivity index (χ2n) is 5.45. The molecule has 0 aromatic rings. The van der Waals surface area contributed by atoms with Gasteiger partial charge in [0.1, 0.15) is 5.41 Å². The molecule has 0 radical (unpaired) electrons. The molecule has 5 heteroatoms. The van der Waals surface area contributed by atoms with Gasteiger partial charge in [0.05, 0.1) is 0 Å². The van der Waals surface area contributed by atoms with Gasteiger partial charge in [-0.15, -0.1) is 0 Å². The highest BCUT2D eigenvalue weighted by molar-refractivity contribution is 6.09. The Kier molecular flexibility index (Phi) is 3.26. The molecule has 96 valence electrons. The highest BCUT2D eigenvalue weighted by atomic mass is 16.4. The highest BCUT2D eigenvalue weighted by Crippen LogP contribution is 2.46. The normalized spacial score (nSPS) is 31.2. The number of nitrogens with zero attached hydrogens (tertiary/aromatic N) is 1. The highest BCUT2D eigenvalue weighted by Gasteiger charge is 2.54. The molecule has 4 N–H and O–H groups in total. The molecule has 2 fully saturated rings. The number of carbonyl (C=O) groups is 1. The molecule has 0 bridgehead atoms. The Balaban J connectivity index is 1.86. The van der Waals surface area contributed by atoms with Gasteiger partial charge in [0.15, 0.2) is 5.84 Å². The van der Waals surface area contributed by atoms with Crippen molar-refractivity contribution >= 4 is 11.7 Å². The molecule has 1 amide bonds. The third-order valence-corrected chi connectivity index (χ3v) is 4.35. The quantitative estimate of drug-likeness (QED) is 0.297. The van der Waals surface area contributed by atoms with Gasteiger partial charge >= 0.3 is 0 Å². The predicted octanol–water partition coefficient (Wildman–Crippen LogP) is 1.07. The topological polar surface area (TPSA) is 87.7 Å². The fourth-order valence-electron chi connectivity index (χ4n) is 2.74. The molecule has 17 heavy (non-hydrogen) atoms. The van der Waals surface area contributed by atoms with Gasteiger partial charge in [0.2, 0.25) is 5.91 Å². The van der Waals surface area contributed by atoms with E-state index < -0.39 is 5.41 Å². The minimum absolute atomic E-state index is 0.0504. The second-order valence-corrected chi connectivity index (χ2v) is 5.45. The molecular weight excluding hydrogens is 218 g/mol. The van der Waals surface area contributed by atoms with Gasteiger partial charge in [-0.05, 0) is 31.1 Å². The standard InChI is InChI=1S/C12H21N3O2/c1-8-3-2-4-9(8)7-14-11(16)12(5-6-12)10(13)15-17/h8-9,17H,2-7H2,1H3,(H2,13,15)(H,14,16). The number of hydrogen-bond acceptors (Lipinski definition) is 3. The van der Waals surface area contributed by atoms with E-state index in [0.717, 1.165) is 6.54 Å². The summed E-state index contributed by atoms with van der Waals surface area (Å²) in [6.45, 7) is 2.96. The number of oxime groups is 1. The Labute approximate surface area is 101 Å². The molecular formula is C12H21N3O2. The van der Waals surface area contributed by atoms with E-state index in [4.69, 9.17) is 10.9 Å². The summed E-state index contributed by atoms with van der Waals surface area (Å²) in [4.78, 5) is 12.0. The molecule has 2 atom stereocenters. The average Bonchev–Trinajstić information content (AvgIpc) is 3.04. The van der Waals surface area contributed by atoms with E-state index >= 15 is 0 Å². The fraction of sp³-hybridized carbons (Fsp3) is 0.833. The van der Waals surface area contributed by atoms with Crippen LogP contribution in [0.3, 0.4) is 0 Å². The number of amides is 1. The van der Waals surface area contributed by atoms with Crippen molar-refractivity contribution < 1.29 is 10.0 Å². The summed E-state index contributed by atoms with van der Waals surface area (Å²) in [5.74, 6) is 1.25. The van der Waals surface area contributed by atoms with E-state index in [0.29, 0.717) is 24.7 Å². The van der Waals surface area contributed by atoms with Crippen molar-refractivity contribution in [1.29, 1.82) is 0 Å². The number of amidine groups is 1. The molecule has 0 aliphatic heterocycles. The molecule has 0 aromatic heterocycles. The van der Waals surface area contributed by atoms with Crippen LogP contribution in [0.1, 0.15) is 39.0 Å². The maximum absolute atomic E-state index is 12.0. The summed E-state index contributed by atoms with van der Waals surface area (Å²) in [7, 11) is 0. The minimum Gasteiger partial charge on any atom is -0.409 e. The zero-order chi connectivity index (χ0) is 12.5. The lowest BCUT2D eigenvalue weighted by Gasteiger charge is -2.19. The van der Waals surface area contributed by atoms with E-state index in [2.05, 4.69) is 17.4 Å².